The lowest BCUT2D eigenvalue weighted by Crippen LogP contribution is -2.36. The Morgan fingerprint density at radius 1 is 1.13 bits per heavy atom. The van der Waals surface area contributed by atoms with Gasteiger partial charge in [0.05, 0.1) is 14.2 Å². The Morgan fingerprint density at radius 3 is 2.43 bits per heavy atom. The zero-order chi connectivity index (χ0) is 21.3. The van der Waals surface area contributed by atoms with Crippen molar-refractivity contribution in [1.29, 1.82) is 0 Å². The number of hydrogen-bond donors (Lipinski definition) is 1. The summed E-state index contributed by atoms with van der Waals surface area (Å²) in [5.41, 5.74) is 3.64. The minimum atomic E-state index is -0.949. The minimum absolute atomic E-state index is 0.178. The number of methoxy groups -OCH3 is 2. The summed E-state index contributed by atoms with van der Waals surface area (Å²) in [4.78, 5) is 15.3. The lowest BCUT2D eigenvalue weighted by molar-refractivity contribution is 0.0723. The van der Waals surface area contributed by atoms with Gasteiger partial charge in [-0.05, 0) is 36.6 Å². The molecular formula is C23H24N2O5. The smallest absolute Gasteiger partial charge is 0.260 e. The first-order valence-corrected chi connectivity index (χ1v) is 9.79. The first kappa shape index (κ1) is 20.0. The number of carbonyl (C=O) groups excluding carboxylic acids is 1. The maximum Gasteiger partial charge on any atom is 0.260 e. The van der Waals surface area contributed by atoms with Crippen LogP contribution in [0.25, 0.3) is 11.3 Å². The fourth-order valence-corrected chi connectivity index (χ4v) is 3.80. The summed E-state index contributed by atoms with van der Waals surface area (Å²) in [5.74, 6) is 1.27. The summed E-state index contributed by atoms with van der Waals surface area (Å²) < 4.78 is 16.2. The van der Waals surface area contributed by atoms with Crippen molar-refractivity contribution < 1.29 is 23.9 Å². The molecule has 0 spiro atoms. The highest BCUT2D eigenvalue weighted by Gasteiger charge is 2.32. The topological polar surface area (TPSA) is 85.0 Å². The van der Waals surface area contributed by atoms with E-state index in [9.17, 15) is 9.90 Å². The standard InChI is InChI=1S/C23H24N2O5/c1-14(26)22-20(21(24-30-22)15-7-5-4-6-8-15)23(27)25-10-9-16-11-18(28-2)19(29-3)12-17(16)13-25/h4-8,11-12,14,26H,9-10,13H2,1-3H3/t14-/m0/s1. The lowest BCUT2D eigenvalue weighted by Gasteiger charge is -2.30. The molecule has 0 fully saturated rings. The zero-order valence-corrected chi connectivity index (χ0v) is 17.2. The van der Waals surface area contributed by atoms with Crippen LogP contribution in [-0.2, 0) is 13.0 Å². The fraction of sp³-hybridized carbons (Fsp3) is 0.304. The third kappa shape index (κ3) is 3.52. The molecule has 1 atom stereocenters. The van der Waals surface area contributed by atoms with E-state index in [2.05, 4.69) is 5.16 Å². The van der Waals surface area contributed by atoms with E-state index in [-0.39, 0.29) is 11.7 Å². The summed E-state index contributed by atoms with van der Waals surface area (Å²) >= 11 is 0. The molecule has 4 rings (SSSR count). The number of fused-ring (bicyclic) bond motifs is 1. The molecule has 2 heterocycles. The van der Waals surface area contributed by atoms with Crippen molar-refractivity contribution >= 4 is 5.91 Å². The molecule has 156 valence electrons. The zero-order valence-electron chi connectivity index (χ0n) is 17.2. The second kappa shape index (κ2) is 8.20. The first-order valence-electron chi connectivity index (χ1n) is 9.79. The second-order valence-electron chi connectivity index (χ2n) is 7.27. The molecule has 1 aliphatic rings. The second-order valence-corrected chi connectivity index (χ2v) is 7.27. The van der Waals surface area contributed by atoms with Crippen LogP contribution in [0, 0.1) is 0 Å². The summed E-state index contributed by atoms with van der Waals surface area (Å²) in [7, 11) is 3.20. The maximum absolute atomic E-state index is 13.5. The van der Waals surface area contributed by atoms with Crippen molar-refractivity contribution in [1.82, 2.24) is 10.1 Å². The van der Waals surface area contributed by atoms with Crippen molar-refractivity contribution in [3.8, 4) is 22.8 Å². The maximum atomic E-state index is 13.5. The van der Waals surface area contributed by atoms with E-state index in [1.807, 2.05) is 42.5 Å². The van der Waals surface area contributed by atoms with Gasteiger partial charge >= 0.3 is 0 Å². The van der Waals surface area contributed by atoms with Gasteiger partial charge in [-0.1, -0.05) is 35.5 Å². The molecule has 3 aromatic rings. The highest BCUT2D eigenvalue weighted by molar-refractivity contribution is 6.01. The van der Waals surface area contributed by atoms with Gasteiger partial charge in [0.25, 0.3) is 5.91 Å². The number of amides is 1. The molecule has 1 N–H and O–H groups in total. The summed E-state index contributed by atoms with van der Waals surface area (Å²) in [6.07, 6.45) is -0.257. The number of aliphatic hydroxyl groups excluding tert-OH is 1. The Hall–Kier alpha value is -3.32. The van der Waals surface area contributed by atoms with Crippen LogP contribution in [0.5, 0.6) is 11.5 Å². The lowest BCUT2D eigenvalue weighted by atomic mass is 9.97. The third-order valence-electron chi connectivity index (χ3n) is 5.36. The highest BCUT2D eigenvalue weighted by Crippen LogP contribution is 2.35. The van der Waals surface area contributed by atoms with E-state index >= 15 is 0 Å². The Balaban J connectivity index is 1.70. The van der Waals surface area contributed by atoms with E-state index < -0.39 is 6.10 Å². The van der Waals surface area contributed by atoms with Gasteiger partial charge in [0, 0.05) is 18.7 Å². The highest BCUT2D eigenvalue weighted by atomic mass is 16.5. The van der Waals surface area contributed by atoms with Crippen LogP contribution in [-0.4, -0.2) is 41.8 Å². The minimum Gasteiger partial charge on any atom is -0.493 e. The largest absolute Gasteiger partial charge is 0.493 e. The molecular weight excluding hydrogens is 384 g/mol. The van der Waals surface area contributed by atoms with Gasteiger partial charge in [0.1, 0.15) is 17.4 Å². The van der Waals surface area contributed by atoms with Crippen molar-refractivity contribution in [3.05, 3.63) is 64.9 Å². The predicted molar refractivity (Wildman–Crippen MR) is 111 cm³/mol. The summed E-state index contributed by atoms with van der Waals surface area (Å²) in [5, 5.41) is 14.3. The van der Waals surface area contributed by atoms with E-state index in [1.165, 1.54) is 0 Å². The Morgan fingerprint density at radius 2 is 1.80 bits per heavy atom. The molecule has 0 radical (unpaired) electrons. The number of aromatic nitrogens is 1. The molecule has 1 aromatic heterocycles. The van der Waals surface area contributed by atoms with E-state index in [0.29, 0.717) is 42.3 Å². The van der Waals surface area contributed by atoms with Gasteiger partial charge in [-0.15, -0.1) is 0 Å². The molecule has 0 unspecified atom stereocenters. The van der Waals surface area contributed by atoms with Crippen LogP contribution < -0.4 is 9.47 Å². The number of rotatable bonds is 5. The van der Waals surface area contributed by atoms with Gasteiger partial charge in [0.2, 0.25) is 0 Å². The molecule has 30 heavy (non-hydrogen) atoms. The van der Waals surface area contributed by atoms with Crippen LogP contribution in [0.1, 0.15) is 40.3 Å². The van der Waals surface area contributed by atoms with Crippen LogP contribution in [0.4, 0.5) is 0 Å². The van der Waals surface area contributed by atoms with Gasteiger partial charge in [0.15, 0.2) is 17.3 Å². The fourth-order valence-electron chi connectivity index (χ4n) is 3.80. The van der Waals surface area contributed by atoms with E-state index in [0.717, 1.165) is 16.7 Å². The van der Waals surface area contributed by atoms with Crippen LogP contribution >= 0.6 is 0 Å². The molecule has 0 saturated carbocycles. The van der Waals surface area contributed by atoms with Crippen LogP contribution in [0.15, 0.2) is 47.0 Å². The molecule has 1 amide bonds. The molecule has 7 nitrogen and oxygen atoms in total. The Labute approximate surface area is 174 Å². The number of carbonyl (C=O) groups is 1. The van der Waals surface area contributed by atoms with Crippen molar-refractivity contribution in [2.45, 2.75) is 26.0 Å². The quantitative estimate of drug-likeness (QED) is 0.694. The average molecular weight is 408 g/mol. The van der Waals surface area contributed by atoms with E-state index in [1.54, 1.807) is 26.0 Å². The van der Waals surface area contributed by atoms with Crippen molar-refractivity contribution in [2.75, 3.05) is 20.8 Å². The molecule has 0 bridgehead atoms. The number of benzene rings is 2. The Kier molecular flexibility index (Phi) is 5.46. The number of hydrogen-bond acceptors (Lipinski definition) is 6. The monoisotopic (exact) mass is 408 g/mol. The van der Waals surface area contributed by atoms with Gasteiger partial charge in [-0.3, -0.25) is 4.79 Å². The molecule has 2 aromatic carbocycles. The van der Waals surface area contributed by atoms with Gasteiger partial charge < -0.3 is 24.0 Å². The van der Waals surface area contributed by atoms with Crippen molar-refractivity contribution in [3.63, 3.8) is 0 Å². The van der Waals surface area contributed by atoms with Gasteiger partial charge in [-0.25, -0.2) is 0 Å². The van der Waals surface area contributed by atoms with E-state index in [4.69, 9.17) is 14.0 Å². The number of ether oxygens (including phenoxy) is 2. The third-order valence-corrected chi connectivity index (χ3v) is 5.36. The molecule has 0 saturated heterocycles. The van der Waals surface area contributed by atoms with Gasteiger partial charge in [-0.2, -0.15) is 0 Å². The summed E-state index contributed by atoms with van der Waals surface area (Å²) in [6, 6.07) is 13.2. The van der Waals surface area contributed by atoms with Crippen molar-refractivity contribution in [2.24, 2.45) is 0 Å². The number of aliphatic hydroxyl groups is 1. The molecule has 1 aliphatic heterocycles. The predicted octanol–water partition coefficient (Wildman–Crippen LogP) is 3.61. The number of nitrogens with zero attached hydrogens (tertiary/aromatic N) is 2. The average Bonchev–Trinajstić information content (AvgIpc) is 3.23. The van der Waals surface area contributed by atoms with Crippen LogP contribution in [0.2, 0.25) is 0 Å². The first-order chi connectivity index (χ1) is 14.5. The molecule has 0 aliphatic carbocycles. The SMILES string of the molecule is COc1cc2c(cc1OC)CN(C(=O)c1c(-c3ccccc3)noc1[C@H](C)O)CC2. The molecule has 7 heteroatoms. The van der Waals surface area contributed by atoms with Crippen LogP contribution in [0.3, 0.4) is 0 Å². The summed E-state index contributed by atoms with van der Waals surface area (Å²) in [6.45, 7) is 2.53. The Bertz CT molecular complexity index is 1060. The normalized spacial score (nSPS) is 14.2.